The largest absolute Gasteiger partial charge is 0.350 e. The Morgan fingerprint density at radius 2 is 1.43 bits per heavy atom. The number of aromatic nitrogens is 4. The van der Waals surface area contributed by atoms with E-state index in [1.54, 1.807) is 0 Å². The topological polar surface area (TPSA) is 86.5 Å². The van der Waals surface area contributed by atoms with E-state index in [1.807, 2.05) is 0 Å². The molecule has 0 fully saturated rings. The summed E-state index contributed by atoms with van der Waals surface area (Å²) in [5.74, 6) is 0.0254. The quantitative estimate of drug-likeness (QED) is 0.803. The van der Waals surface area contributed by atoms with Gasteiger partial charge in [0, 0.05) is 11.4 Å². The van der Waals surface area contributed by atoms with Gasteiger partial charge in [-0.15, -0.1) is 0 Å². The highest BCUT2D eigenvalue weighted by Crippen LogP contribution is 2.23. The molecule has 2 heterocycles. The van der Waals surface area contributed by atoms with E-state index in [-0.39, 0.29) is 5.91 Å². The molecule has 4 rings (SSSR count). The second-order valence-corrected chi connectivity index (χ2v) is 6.62. The minimum absolute atomic E-state index is 0.0254. The van der Waals surface area contributed by atoms with Gasteiger partial charge >= 0.3 is 0 Å². The van der Waals surface area contributed by atoms with Crippen LogP contribution in [0.15, 0.2) is 0 Å². The summed E-state index contributed by atoms with van der Waals surface area (Å²) < 4.78 is 0. The predicted molar refractivity (Wildman–Crippen MR) is 86.0 cm³/mol. The van der Waals surface area contributed by atoms with E-state index in [2.05, 4.69) is 25.7 Å². The lowest BCUT2D eigenvalue weighted by atomic mass is 9.95. The predicted octanol–water partition coefficient (Wildman–Crippen LogP) is 1.75. The van der Waals surface area contributed by atoms with Gasteiger partial charge in [0.15, 0.2) is 0 Å². The molecule has 0 atom stereocenters. The number of hydrogen-bond acceptors (Lipinski definition) is 3. The fraction of sp³-hybridized carbons (Fsp3) is 0.588. The molecule has 0 aromatic carbocycles. The van der Waals surface area contributed by atoms with Crippen molar-refractivity contribution in [2.45, 2.75) is 64.3 Å². The molecule has 3 N–H and O–H groups in total. The van der Waals surface area contributed by atoms with Crippen LogP contribution in [0.5, 0.6) is 0 Å². The Bertz CT molecular complexity index is 715. The maximum atomic E-state index is 12.3. The molecule has 23 heavy (non-hydrogen) atoms. The highest BCUT2D eigenvalue weighted by atomic mass is 16.1. The molecule has 0 radical (unpaired) electrons. The van der Waals surface area contributed by atoms with Crippen molar-refractivity contribution in [1.29, 1.82) is 0 Å². The Hall–Kier alpha value is -2.11. The minimum Gasteiger partial charge on any atom is -0.350 e. The molecule has 0 unspecified atom stereocenters. The maximum Gasteiger partial charge on any atom is 0.226 e. The third-order valence-electron chi connectivity index (χ3n) is 5.06. The van der Waals surface area contributed by atoms with Gasteiger partial charge in [0.2, 0.25) is 5.91 Å². The monoisotopic (exact) mass is 313 g/mol. The molecular weight excluding hydrogens is 290 g/mol. The number of nitrogens with one attached hydrogen (secondary N) is 3. The first-order chi connectivity index (χ1) is 11.3. The number of nitrogens with zero attached hydrogens (tertiary/aromatic N) is 2. The van der Waals surface area contributed by atoms with Crippen molar-refractivity contribution in [1.82, 2.24) is 25.7 Å². The molecule has 0 bridgehead atoms. The second-order valence-electron chi connectivity index (χ2n) is 6.62. The first kappa shape index (κ1) is 14.5. The van der Waals surface area contributed by atoms with Crippen molar-refractivity contribution >= 4 is 5.91 Å². The van der Waals surface area contributed by atoms with Crippen LogP contribution in [0.25, 0.3) is 0 Å². The Kier molecular flexibility index (Phi) is 3.89. The molecule has 6 heteroatoms. The lowest BCUT2D eigenvalue weighted by molar-refractivity contribution is -0.120. The average Bonchev–Trinajstić information content (AvgIpc) is 3.18. The van der Waals surface area contributed by atoms with Gasteiger partial charge in [-0.25, -0.2) is 0 Å². The van der Waals surface area contributed by atoms with Gasteiger partial charge in [0.25, 0.3) is 0 Å². The molecule has 6 nitrogen and oxygen atoms in total. The van der Waals surface area contributed by atoms with Gasteiger partial charge in [-0.3, -0.25) is 15.0 Å². The normalized spacial score (nSPS) is 16.7. The zero-order valence-corrected chi connectivity index (χ0v) is 13.4. The van der Waals surface area contributed by atoms with Crippen LogP contribution in [0, 0.1) is 0 Å². The van der Waals surface area contributed by atoms with Crippen molar-refractivity contribution in [2.24, 2.45) is 0 Å². The molecule has 1 amide bonds. The average molecular weight is 313 g/mol. The first-order valence-corrected chi connectivity index (χ1v) is 8.68. The molecule has 2 aliphatic rings. The smallest absolute Gasteiger partial charge is 0.226 e. The van der Waals surface area contributed by atoms with Crippen LogP contribution in [0.2, 0.25) is 0 Å². The summed E-state index contributed by atoms with van der Waals surface area (Å²) in [5, 5.41) is 17.9. The fourth-order valence-electron chi connectivity index (χ4n) is 3.79. The third-order valence-corrected chi connectivity index (χ3v) is 5.06. The van der Waals surface area contributed by atoms with Crippen LogP contribution in [0.3, 0.4) is 0 Å². The number of H-pyrrole nitrogens is 2. The van der Waals surface area contributed by atoms with Crippen molar-refractivity contribution < 1.29 is 4.79 Å². The number of fused-ring (bicyclic) bond motifs is 2. The van der Waals surface area contributed by atoms with E-state index in [0.29, 0.717) is 13.0 Å². The van der Waals surface area contributed by atoms with Crippen LogP contribution >= 0.6 is 0 Å². The van der Waals surface area contributed by atoms with Crippen molar-refractivity contribution in [2.75, 3.05) is 0 Å². The molecule has 0 saturated carbocycles. The summed E-state index contributed by atoms with van der Waals surface area (Å²) in [5.41, 5.74) is 6.97. The summed E-state index contributed by atoms with van der Waals surface area (Å²) >= 11 is 0. The number of carbonyl (C=O) groups excluding carboxylic acids is 1. The number of amides is 1. The first-order valence-electron chi connectivity index (χ1n) is 8.68. The van der Waals surface area contributed by atoms with E-state index in [9.17, 15) is 4.79 Å². The highest BCUT2D eigenvalue weighted by Gasteiger charge is 2.20. The maximum absolute atomic E-state index is 12.3. The zero-order valence-electron chi connectivity index (χ0n) is 13.4. The van der Waals surface area contributed by atoms with Gasteiger partial charge < -0.3 is 5.32 Å². The van der Waals surface area contributed by atoms with Gasteiger partial charge in [-0.05, 0) is 62.5 Å². The van der Waals surface area contributed by atoms with Crippen LogP contribution in [0.1, 0.15) is 59.6 Å². The van der Waals surface area contributed by atoms with E-state index in [4.69, 9.17) is 0 Å². The van der Waals surface area contributed by atoms with E-state index < -0.39 is 0 Å². The number of hydrogen-bond donors (Lipinski definition) is 3. The molecule has 2 aromatic rings. The molecule has 0 saturated heterocycles. The zero-order chi connectivity index (χ0) is 15.6. The molecule has 122 valence electrons. The highest BCUT2D eigenvalue weighted by molar-refractivity contribution is 5.78. The van der Waals surface area contributed by atoms with Crippen molar-refractivity contribution in [3.63, 3.8) is 0 Å². The summed E-state index contributed by atoms with van der Waals surface area (Å²) in [6.45, 7) is 0.511. The summed E-state index contributed by atoms with van der Waals surface area (Å²) in [7, 11) is 0. The van der Waals surface area contributed by atoms with Gasteiger partial charge in [0.1, 0.15) is 0 Å². The SMILES string of the molecule is O=C(Cc1n[nH]c2c1CCCC2)NCc1n[nH]c2c1CCCC2. The standard InChI is InChI=1S/C17H23N5O/c23-17(9-15-11-5-1-3-7-13(11)19-21-15)18-10-16-12-6-2-4-8-14(12)20-22-16/h1-10H2,(H,18,23)(H,19,21)(H,20,22). The number of aryl methyl sites for hydroxylation is 2. The van der Waals surface area contributed by atoms with E-state index in [0.717, 1.165) is 37.1 Å². The molecule has 0 spiro atoms. The second kappa shape index (κ2) is 6.18. The summed E-state index contributed by atoms with van der Waals surface area (Å²) in [6, 6.07) is 0. The van der Waals surface area contributed by atoms with Crippen molar-refractivity contribution in [3.8, 4) is 0 Å². The third kappa shape index (κ3) is 2.90. The Morgan fingerprint density at radius 1 is 0.870 bits per heavy atom. The summed E-state index contributed by atoms with van der Waals surface area (Å²) in [4.78, 5) is 12.3. The van der Waals surface area contributed by atoms with Gasteiger partial charge in [-0.2, -0.15) is 10.2 Å². The molecule has 2 aromatic heterocycles. The number of rotatable bonds is 4. The molecule has 0 aliphatic heterocycles. The molecule has 2 aliphatic carbocycles. The Morgan fingerprint density at radius 3 is 2.13 bits per heavy atom. The molecular formula is C17H23N5O. The van der Waals surface area contributed by atoms with E-state index in [1.165, 1.54) is 48.2 Å². The Balaban J connectivity index is 1.37. The number of carbonyl (C=O) groups is 1. The summed E-state index contributed by atoms with van der Waals surface area (Å²) in [6.07, 6.45) is 9.46. The fourth-order valence-corrected chi connectivity index (χ4v) is 3.79. The minimum atomic E-state index is 0.0254. The lowest BCUT2D eigenvalue weighted by Gasteiger charge is -2.12. The number of aromatic amines is 2. The van der Waals surface area contributed by atoms with Gasteiger partial charge in [-0.1, -0.05) is 0 Å². The van der Waals surface area contributed by atoms with Crippen LogP contribution in [-0.4, -0.2) is 26.3 Å². The lowest BCUT2D eigenvalue weighted by Crippen LogP contribution is -2.26. The van der Waals surface area contributed by atoms with Crippen LogP contribution < -0.4 is 5.32 Å². The van der Waals surface area contributed by atoms with Gasteiger partial charge in [0.05, 0.1) is 24.4 Å². The van der Waals surface area contributed by atoms with Crippen molar-refractivity contribution in [3.05, 3.63) is 33.9 Å². The van der Waals surface area contributed by atoms with Crippen LogP contribution in [-0.2, 0) is 43.4 Å². The Labute approximate surface area is 135 Å². The van der Waals surface area contributed by atoms with Crippen LogP contribution in [0.4, 0.5) is 0 Å². The van der Waals surface area contributed by atoms with E-state index >= 15 is 0 Å².